The molecule has 7 heteroatoms. The molecule has 1 N–H and O–H groups in total. The normalized spacial score (nSPS) is 16.0. The minimum atomic E-state index is -0.864. The average molecular weight is 313 g/mol. The molecule has 1 saturated heterocycles. The highest BCUT2D eigenvalue weighted by Crippen LogP contribution is 2.17. The summed E-state index contributed by atoms with van der Waals surface area (Å²) in [6, 6.07) is 3.20. The van der Waals surface area contributed by atoms with Gasteiger partial charge in [-0.05, 0) is 25.0 Å². The fourth-order valence-corrected chi connectivity index (χ4v) is 2.43. The van der Waals surface area contributed by atoms with Gasteiger partial charge in [0, 0.05) is 24.8 Å². The van der Waals surface area contributed by atoms with Crippen molar-refractivity contribution in [1.29, 1.82) is 0 Å². The lowest BCUT2D eigenvalue weighted by Gasteiger charge is -2.32. The van der Waals surface area contributed by atoms with Gasteiger partial charge in [0.1, 0.15) is 5.15 Å². The van der Waals surface area contributed by atoms with Gasteiger partial charge in [0.15, 0.2) is 0 Å². The summed E-state index contributed by atoms with van der Waals surface area (Å²) >= 11 is 5.78. The first-order valence-corrected chi connectivity index (χ1v) is 7.18. The third-order valence-corrected chi connectivity index (χ3v) is 3.58. The molecule has 6 nitrogen and oxygen atoms in total. The summed E-state index contributed by atoms with van der Waals surface area (Å²) in [6.45, 7) is 1.40. The summed E-state index contributed by atoms with van der Waals surface area (Å²) in [7, 11) is 0. The number of piperidine rings is 1. The Kier molecular flexibility index (Phi) is 5.52. The molecule has 0 spiro atoms. The van der Waals surface area contributed by atoms with Gasteiger partial charge in [-0.1, -0.05) is 11.6 Å². The van der Waals surface area contributed by atoms with Gasteiger partial charge in [-0.25, -0.2) is 4.98 Å². The zero-order valence-electron chi connectivity index (χ0n) is 11.5. The van der Waals surface area contributed by atoms with Crippen LogP contribution in [-0.4, -0.2) is 52.7 Å². The van der Waals surface area contributed by atoms with Crippen molar-refractivity contribution in [3.8, 4) is 0 Å². The van der Waals surface area contributed by atoms with Crippen LogP contribution in [0.3, 0.4) is 0 Å². The summed E-state index contributed by atoms with van der Waals surface area (Å²) in [4.78, 5) is 28.3. The van der Waals surface area contributed by atoms with Crippen LogP contribution in [-0.2, 0) is 9.53 Å². The summed E-state index contributed by atoms with van der Waals surface area (Å²) in [5.74, 6) is -0.930. The number of nitrogens with zero attached hydrogens (tertiary/aromatic N) is 2. The number of pyridine rings is 1. The molecule has 1 aliphatic heterocycles. The van der Waals surface area contributed by atoms with Gasteiger partial charge in [-0.2, -0.15) is 0 Å². The molecule has 0 aromatic carbocycles. The van der Waals surface area contributed by atoms with Crippen LogP contribution in [0.15, 0.2) is 18.3 Å². The van der Waals surface area contributed by atoms with E-state index in [1.807, 2.05) is 0 Å². The fraction of sp³-hybridized carbons (Fsp3) is 0.500. The summed E-state index contributed by atoms with van der Waals surface area (Å²) < 4.78 is 5.50. The number of carbonyl (C=O) groups is 2. The summed E-state index contributed by atoms with van der Waals surface area (Å²) in [6.07, 6.45) is 2.97. The summed E-state index contributed by atoms with van der Waals surface area (Å²) in [5.41, 5.74) is 0.528. The van der Waals surface area contributed by atoms with E-state index in [9.17, 15) is 9.59 Å². The Morgan fingerprint density at radius 1 is 1.43 bits per heavy atom. The highest BCUT2D eigenvalue weighted by molar-refractivity contribution is 6.29. The Labute approximate surface area is 127 Å². The Morgan fingerprint density at radius 2 is 2.14 bits per heavy atom. The standard InChI is InChI=1S/C14H17ClN2O4/c15-12-9-10(1-5-16-12)14(20)17-6-2-11(3-7-17)21-8-4-13(18)19/h1,5,9,11H,2-4,6-8H2,(H,18,19). The molecule has 1 amide bonds. The number of hydrogen-bond acceptors (Lipinski definition) is 4. The van der Waals surface area contributed by atoms with E-state index in [2.05, 4.69) is 4.98 Å². The lowest BCUT2D eigenvalue weighted by molar-refractivity contribution is -0.138. The van der Waals surface area contributed by atoms with Gasteiger partial charge < -0.3 is 14.7 Å². The van der Waals surface area contributed by atoms with Gasteiger partial charge in [-0.3, -0.25) is 9.59 Å². The molecule has 21 heavy (non-hydrogen) atoms. The largest absolute Gasteiger partial charge is 0.481 e. The highest BCUT2D eigenvalue weighted by Gasteiger charge is 2.24. The molecule has 2 rings (SSSR count). The van der Waals surface area contributed by atoms with Gasteiger partial charge in [0.25, 0.3) is 5.91 Å². The lowest BCUT2D eigenvalue weighted by atomic mass is 10.1. The van der Waals surface area contributed by atoms with E-state index < -0.39 is 5.97 Å². The van der Waals surface area contributed by atoms with Crippen molar-refractivity contribution in [1.82, 2.24) is 9.88 Å². The number of ether oxygens (including phenoxy) is 1. The minimum Gasteiger partial charge on any atom is -0.481 e. The summed E-state index contributed by atoms with van der Waals surface area (Å²) in [5, 5.41) is 8.86. The highest BCUT2D eigenvalue weighted by atomic mass is 35.5. The maximum Gasteiger partial charge on any atom is 0.305 e. The number of carbonyl (C=O) groups excluding carboxylic acids is 1. The van der Waals surface area contributed by atoms with Crippen molar-refractivity contribution in [3.63, 3.8) is 0 Å². The van der Waals surface area contributed by atoms with Crippen LogP contribution in [0.5, 0.6) is 0 Å². The second-order valence-electron chi connectivity index (χ2n) is 4.87. The van der Waals surface area contributed by atoms with Crippen LogP contribution in [0.25, 0.3) is 0 Å². The van der Waals surface area contributed by atoms with Crippen molar-refractivity contribution in [2.75, 3.05) is 19.7 Å². The second-order valence-corrected chi connectivity index (χ2v) is 5.26. The van der Waals surface area contributed by atoms with Gasteiger partial charge in [0.2, 0.25) is 0 Å². The fourth-order valence-electron chi connectivity index (χ4n) is 2.26. The Hall–Kier alpha value is -1.66. The quantitative estimate of drug-likeness (QED) is 0.839. The van der Waals surface area contributed by atoms with Crippen LogP contribution >= 0.6 is 11.6 Å². The number of amides is 1. The molecule has 0 aliphatic carbocycles. The zero-order valence-corrected chi connectivity index (χ0v) is 12.3. The van der Waals surface area contributed by atoms with Crippen LogP contribution in [0.2, 0.25) is 5.15 Å². The monoisotopic (exact) mass is 312 g/mol. The first kappa shape index (κ1) is 15.7. The Bertz CT molecular complexity index is 515. The predicted octanol–water partition coefficient (Wildman–Crippen LogP) is 1.83. The molecular formula is C14H17ClN2O4. The van der Waals surface area contributed by atoms with Gasteiger partial charge in [0.05, 0.1) is 19.1 Å². The minimum absolute atomic E-state index is 0.00859. The lowest BCUT2D eigenvalue weighted by Crippen LogP contribution is -2.41. The molecule has 0 unspecified atom stereocenters. The number of hydrogen-bond donors (Lipinski definition) is 1. The number of rotatable bonds is 5. The molecular weight excluding hydrogens is 296 g/mol. The van der Waals surface area contributed by atoms with Crippen molar-refractivity contribution in [3.05, 3.63) is 29.0 Å². The van der Waals surface area contributed by atoms with E-state index in [4.69, 9.17) is 21.4 Å². The number of likely N-dealkylation sites (tertiary alicyclic amines) is 1. The predicted molar refractivity (Wildman–Crippen MR) is 76.4 cm³/mol. The number of carboxylic acid groups (broad SMARTS) is 1. The van der Waals surface area contributed by atoms with Gasteiger partial charge >= 0.3 is 5.97 Å². The molecule has 2 heterocycles. The maximum absolute atomic E-state index is 12.3. The molecule has 1 aromatic rings. The van der Waals surface area contributed by atoms with E-state index in [0.29, 0.717) is 36.6 Å². The van der Waals surface area contributed by atoms with E-state index >= 15 is 0 Å². The van der Waals surface area contributed by atoms with E-state index in [0.717, 1.165) is 0 Å². The van der Waals surface area contributed by atoms with Crippen molar-refractivity contribution < 1.29 is 19.4 Å². The maximum atomic E-state index is 12.3. The van der Waals surface area contributed by atoms with Crippen LogP contribution in [0.1, 0.15) is 29.6 Å². The molecule has 0 saturated carbocycles. The van der Waals surface area contributed by atoms with Crippen molar-refractivity contribution in [2.24, 2.45) is 0 Å². The number of aliphatic carboxylic acids is 1. The first-order valence-electron chi connectivity index (χ1n) is 6.80. The molecule has 0 bridgehead atoms. The van der Waals surface area contributed by atoms with E-state index in [1.165, 1.54) is 6.20 Å². The molecule has 0 radical (unpaired) electrons. The zero-order chi connectivity index (χ0) is 15.2. The van der Waals surface area contributed by atoms with Crippen LogP contribution < -0.4 is 0 Å². The van der Waals surface area contributed by atoms with Crippen molar-refractivity contribution in [2.45, 2.75) is 25.4 Å². The molecule has 1 fully saturated rings. The second kappa shape index (κ2) is 7.38. The number of aromatic nitrogens is 1. The molecule has 114 valence electrons. The Balaban J connectivity index is 1.81. The third kappa shape index (κ3) is 4.68. The number of halogens is 1. The molecule has 1 aromatic heterocycles. The smallest absolute Gasteiger partial charge is 0.305 e. The third-order valence-electron chi connectivity index (χ3n) is 3.37. The molecule has 0 atom stereocenters. The van der Waals surface area contributed by atoms with Crippen LogP contribution in [0, 0.1) is 0 Å². The van der Waals surface area contributed by atoms with E-state index in [1.54, 1.807) is 17.0 Å². The number of carboxylic acids is 1. The average Bonchev–Trinajstić information content (AvgIpc) is 2.47. The SMILES string of the molecule is O=C(O)CCOC1CCN(C(=O)c2ccnc(Cl)c2)CC1. The topological polar surface area (TPSA) is 79.7 Å². The molecule has 1 aliphatic rings. The van der Waals surface area contributed by atoms with Gasteiger partial charge in [-0.15, -0.1) is 0 Å². The van der Waals surface area contributed by atoms with Crippen LogP contribution in [0.4, 0.5) is 0 Å². The van der Waals surface area contributed by atoms with E-state index in [-0.39, 0.29) is 25.0 Å². The Morgan fingerprint density at radius 3 is 2.76 bits per heavy atom. The first-order chi connectivity index (χ1) is 10.1. The van der Waals surface area contributed by atoms with Crippen molar-refractivity contribution >= 4 is 23.5 Å².